The van der Waals surface area contributed by atoms with E-state index in [1.807, 2.05) is 45.2 Å². The monoisotopic (exact) mass is 929 g/mol. The van der Waals surface area contributed by atoms with Crippen molar-refractivity contribution in [2.45, 2.75) is 85.2 Å². The Labute approximate surface area is 422 Å². The summed E-state index contributed by atoms with van der Waals surface area (Å²) in [4.78, 5) is 7.23. The highest BCUT2D eigenvalue weighted by Crippen LogP contribution is 2.47. The molecule has 0 amide bonds. The lowest BCUT2D eigenvalue weighted by atomic mass is 9.82. The minimum Gasteiger partial charge on any atom is -0.457 e. The van der Waals surface area contributed by atoms with Crippen molar-refractivity contribution in [3.63, 3.8) is 0 Å². The van der Waals surface area contributed by atoms with Gasteiger partial charge in [0.15, 0.2) is 0 Å². The zero-order chi connectivity index (χ0) is 52.5. The van der Waals surface area contributed by atoms with Crippen LogP contribution in [0.1, 0.15) is 84.5 Å². The molecule has 0 fully saturated rings. The number of rotatable bonds is 5. The van der Waals surface area contributed by atoms with Gasteiger partial charge in [0.05, 0.1) is 33.2 Å². The maximum atomic E-state index is 10.0. The number of nitrogens with zero attached hydrogens (tertiary/aromatic N) is 4. The van der Waals surface area contributed by atoms with E-state index in [9.17, 15) is 4.11 Å². The van der Waals surface area contributed by atoms with Crippen molar-refractivity contribution >= 4 is 76.5 Å². The van der Waals surface area contributed by atoms with Crippen molar-refractivity contribution < 1.29 is 10.2 Å². The van der Waals surface area contributed by atoms with Gasteiger partial charge in [-0.2, -0.15) is 0 Å². The van der Waals surface area contributed by atoms with Crippen LogP contribution >= 0.6 is 0 Å². The van der Waals surface area contributed by atoms with Crippen molar-refractivity contribution in [1.82, 2.24) is 14.1 Å². The first-order chi connectivity index (χ1) is 35.8. The molecule has 0 unspecified atom stereocenters. The number of ether oxygens (including phenoxy) is 1. The Morgan fingerprint density at radius 1 is 0.493 bits per heavy atom. The van der Waals surface area contributed by atoms with Gasteiger partial charge >= 0.3 is 0 Å². The molecule has 1 aliphatic rings. The standard InChI is InChI=1S/C66H60N4O/c1-64(2,3)43-20-16-19-42(35-43)56-36-45(66(7,8)9)37-57-52-26-13-11-24-50(52)49-23-10-12-25-51(49)55-28-18-30-59-63(55)69(62(56)57)41-68(59)46-21-17-22-47(39-46)71-48-31-32-54-53-27-14-15-29-58(53)70(60(54)40-48)61-38-44(33-34-67-61)65(4,5)6/h10-40H,41H2,1-9H3/i16D,19D,20D,35D. The Balaban J connectivity index is 1.10. The molecular weight excluding hydrogens is 865 g/mol. The smallest absolute Gasteiger partial charge is 0.137 e. The van der Waals surface area contributed by atoms with Crippen LogP contribution in [-0.4, -0.2) is 14.1 Å². The fourth-order valence-electron chi connectivity index (χ4n) is 10.6. The van der Waals surface area contributed by atoms with Crippen molar-refractivity contribution in [1.29, 1.82) is 0 Å². The largest absolute Gasteiger partial charge is 0.457 e. The van der Waals surface area contributed by atoms with Crippen LogP contribution in [0.2, 0.25) is 0 Å². The normalized spacial score (nSPS) is 13.8. The predicted octanol–water partition coefficient (Wildman–Crippen LogP) is 18.2. The van der Waals surface area contributed by atoms with Crippen LogP contribution in [0.3, 0.4) is 0 Å². The van der Waals surface area contributed by atoms with Crippen LogP contribution in [0.25, 0.3) is 82.1 Å². The minimum absolute atomic E-state index is 0.0503. The van der Waals surface area contributed by atoms with Gasteiger partial charge in [0.2, 0.25) is 0 Å². The number of para-hydroxylation sites is 2. The average Bonchev–Trinajstić information content (AvgIpc) is 3.96. The Morgan fingerprint density at radius 2 is 1.11 bits per heavy atom. The maximum Gasteiger partial charge on any atom is 0.137 e. The minimum atomic E-state index is -0.634. The topological polar surface area (TPSA) is 35.2 Å². The van der Waals surface area contributed by atoms with Crippen molar-refractivity contribution in [3.05, 3.63) is 205 Å². The molecule has 8 aromatic carbocycles. The molecule has 12 rings (SSSR count). The van der Waals surface area contributed by atoms with E-state index in [1.54, 1.807) is 0 Å². The molecular formula is C66H60N4O. The van der Waals surface area contributed by atoms with E-state index in [2.05, 4.69) is 195 Å². The fourth-order valence-corrected chi connectivity index (χ4v) is 10.6. The van der Waals surface area contributed by atoms with E-state index < -0.39 is 5.41 Å². The summed E-state index contributed by atoms with van der Waals surface area (Å²) in [6.45, 7) is 19.6. The molecule has 0 spiro atoms. The Hall–Kier alpha value is -7.89. The maximum absolute atomic E-state index is 10.0. The third-order valence-corrected chi connectivity index (χ3v) is 14.3. The van der Waals surface area contributed by atoms with Crippen LogP contribution in [-0.2, 0) is 22.9 Å². The summed E-state index contributed by atoms with van der Waals surface area (Å²) in [5.41, 5.74) is 8.58. The van der Waals surface area contributed by atoms with E-state index >= 15 is 0 Å². The number of hydrogen-bond donors (Lipinski definition) is 0. The van der Waals surface area contributed by atoms with Crippen LogP contribution in [0.15, 0.2) is 188 Å². The van der Waals surface area contributed by atoms with Gasteiger partial charge < -0.3 is 14.2 Å². The van der Waals surface area contributed by atoms with Gasteiger partial charge in [-0.15, -0.1) is 0 Å². The second kappa shape index (κ2) is 16.3. The van der Waals surface area contributed by atoms with Gasteiger partial charge in [-0.3, -0.25) is 4.57 Å². The second-order valence-electron chi connectivity index (χ2n) is 22.2. The molecule has 11 aromatic rings. The quantitative estimate of drug-likeness (QED) is 0.172. The molecule has 3 aromatic heterocycles. The molecule has 5 heteroatoms. The molecule has 0 N–H and O–H groups in total. The molecule has 4 heterocycles. The average molecular weight is 929 g/mol. The molecule has 0 atom stereocenters. The summed E-state index contributed by atoms with van der Waals surface area (Å²) < 4.78 is 49.7. The van der Waals surface area contributed by atoms with Crippen molar-refractivity contribution in [2.24, 2.45) is 0 Å². The third kappa shape index (κ3) is 7.58. The fraction of sp³-hybridized carbons (Fsp3) is 0.197. The Morgan fingerprint density at radius 3 is 1.83 bits per heavy atom. The Bertz CT molecular complexity index is 4260. The van der Waals surface area contributed by atoms with Crippen LogP contribution in [0, 0.1) is 0 Å². The van der Waals surface area contributed by atoms with Gasteiger partial charge in [-0.25, -0.2) is 4.98 Å². The van der Waals surface area contributed by atoms with E-state index in [0.717, 1.165) is 87.9 Å². The molecule has 0 bridgehead atoms. The molecule has 0 aliphatic carbocycles. The molecule has 350 valence electrons. The molecule has 0 radical (unpaired) electrons. The van der Waals surface area contributed by atoms with Crippen LogP contribution < -0.4 is 9.64 Å². The van der Waals surface area contributed by atoms with Crippen molar-refractivity contribution in [3.8, 4) is 28.4 Å². The molecule has 0 saturated heterocycles. The second-order valence-corrected chi connectivity index (χ2v) is 22.2. The number of benzene rings is 8. The van der Waals surface area contributed by atoms with Gasteiger partial charge in [-0.05, 0) is 121 Å². The molecule has 71 heavy (non-hydrogen) atoms. The first-order valence-corrected chi connectivity index (χ1v) is 24.7. The first kappa shape index (κ1) is 39.9. The zero-order valence-electron chi connectivity index (χ0n) is 46.0. The van der Waals surface area contributed by atoms with E-state index in [4.69, 9.17) is 11.1 Å². The molecule has 1 aliphatic heterocycles. The highest BCUT2D eigenvalue weighted by molar-refractivity contribution is 6.22. The molecule has 5 nitrogen and oxygen atoms in total. The first-order valence-electron chi connectivity index (χ1n) is 26.7. The highest BCUT2D eigenvalue weighted by atomic mass is 16.5. The third-order valence-electron chi connectivity index (χ3n) is 14.3. The number of hydrogen-bond acceptors (Lipinski definition) is 3. The number of aromatic nitrogens is 3. The van der Waals surface area contributed by atoms with Crippen LogP contribution in [0.5, 0.6) is 11.5 Å². The van der Waals surface area contributed by atoms with Gasteiger partial charge in [0.1, 0.15) is 24.0 Å². The number of fused-ring (bicyclic) bond motifs is 10. The summed E-state index contributed by atoms with van der Waals surface area (Å²) in [5, 5.41) is 8.58. The summed E-state index contributed by atoms with van der Waals surface area (Å²) >= 11 is 0. The Kier molecular flexibility index (Phi) is 9.19. The van der Waals surface area contributed by atoms with E-state index in [-0.39, 0.29) is 35.0 Å². The van der Waals surface area contributed by atoms with Gasteiger partial charge in [0.25, 0.3) is 0 Å². The lowest BCUT2D eigenvalue weighted by Gasteiger charge is -2.25. The number of pyridine rings is 1. The zero-order valence-corrected chi connectivity index (χ0v) is 42.0. The van der Waals surface area contributed by atoms with E-state index in [0.29, 0.717) is 34.9 Å². The van der Waals surface area contributed by atoms with Crippen LogP contribution in [0.4, 0.5) is 11.4 Å². The summed E-state index contributed by atoms with van der Waals surface area (Å²) in [5.74, 6) is 2.24. The summed E-state index contributed by atoms with van der Waals surface area (Å²) in [7, 11) is 0. The predicted molar refractivity (Wildman–Crippen MR) is 301 cm³/mol. The SMILES string of the molecule is [2H]c1c([2H])c(-c2cc(C(C)(C)C)cc3c4ccccc4c4ccccc4c4cccc5c4n(c23)CN5c2cccc(Oc3ccc4c5ccccc5n(-c5cc(C(C)(C)C)ccn5)c4c3)c2)c([2H])c(C(C)(C)C)c1[2H]. The lowest BCUT2D eigenvalue weighted by molar-refractivity contribution is 0.483. The summed E-state index contributed by atoms with van der Waals surface area (Å²) in [6.07, 6.45) is 1.90. The summed E-state index contributed by atoms with van der Waals surface area (Å²) in [6, 6.07) is 55.3. The number of anilines is 2. The van der Waals surface area contributed by atoms with Crippen molar-refractivity contribution in [2.75, 3.05) is 4.90 Å². The van der Waals surface area contributed by atoms with Gasteiger partial charge in [0, 0.05) is 51.1 Å². The molecule has 0 saturated carbocycles. The lowest BCUT2D eigenvalue weighted by Crippen LogP contribution is -2.16. The van der Waals surface area contributed by atoms with Gasteiger partial charge in [-0.1, -0.05) is 171 Å². The van der Waals surface area contributed by atoms with E-state index in [1.165, 1.54) is 5.56 Å². The highest BCUT2D eigenvalue weighted by Gasteiger charge is 2.28.